The Morgan fingerprint density at radius 2 is 1.85 bits per heavy atom. The second kappa shape index (κ2) is 4.22. The van der Waals surface area contributed by atoms with Crippen LogP contribution in [0.15, 0.2) is 0 Å². The van der Waals surface area contributed by atoms with Gasteiger partial charge in [0.2, 0.25) is 0 Å². The summed E-state index contributed by atoms with van der Waals surface area (Å²) in [5.41, 5.74) is 0. The van der Waals surface area contributed by atoms with E-state index in [4.69, 9.17) is 5.11 Å². The molecular weight excluding hydrogens is 198 g/mol. The summed E-state index contributed by atoms with van der Waals surface area (Å²) in [4.78, 5) is 21.7. The van der Waals surface area contributed by atoms with Crippen molar-refractivity contribution < 1.29 is 23.1 Å². The van der Waals surface area contributed by atoms with Crippen molar-refractivity contribution in [2.75, 3.05) is 25.6 Å². The van der Waals surface area contributed by atoms with Crippen molar-refractivity contribution in [2.24, 2.45) is 0 Å². The van der Waals surface area contributed by atoms with Gasteiger partial charge in [-0.05, 0) is 0 Å². The third-order valence-electron chi connectivity index (χ3n) is 1.33. The number of carbonyl (C=O) groups excluding carboxylic acids is 1. The molecule has 1 N–H and O–H groups in total. The van der Waals surface area contributed by atoms with Gasteiger partial charge < -0.3 is 10.0 Å². The van der Waals surface area contributed by atoms with Crippen LogP contribution < -0.4 is 0 Å². The zero-order chi connectivity index (χ0) is 10.6. The fourth-order valence-electron chi connectivity index (χ4n) is 0.568. The lowest BCUT2D eigenvalue weighted by Gasteiger charge is -2.12. The smallest absolute Gasteiger partial charge is 0.394 e. The first-order valence-electron chi connectivity index (χ1n) is 3.40. The monoisotopic (exact) mass is 209 g/mol. The van der Waals surface area contributed by atoms with Gasteiger partial charge in [0, 0.05) is 19.8 Å². The van der Waals surface area contributed by atoms with Crippen molar-refractivity contribution in [3.63, 3.8) is 0 Å². The van der Waals surface area contributed by atoms with Crippen LogP contribution in [0.5, 0.6) is 0 Å². The molecule has 0 saturated carbocycles. The van der Waals surface area contributed by atoms with Crippen molar-refractivity contribution >= 4 is 21.7 Å². The number of nitrogens with zero attached hydrogens (tertiary/aromatic N) is 1. The molecule has 76 valence electrons. The second-order valence-corrected chi connectivity index (χ2v) is 4.92. The molecule has 0 bridgehead atoms. The predicted molar refractivity (Wildman–Crippen MR) is 45.0 cm³/mol. The molecule has 0 aromatic rings. The summed E-state index contributed by atoms with van der Waals surface area (Å²) in [7, 11) is -1.93. The van der Waals surface area contributed by atoms with Crippen LogP contribution in [-0.2, 0) is 19.4 Å². The molecule has 0 aromatic carbocycles. The van der Waals surface area contributed by atoms with E-state index in [2.05, 4.69) is 0 Å². The lowest BCUT2D eigenvalue weighted by Crippen LogP contribution is -2.36. The van der Waals surface area contributed by atoms with E-state index in [1.807, 2.05) is 0 Å². The number of carboxylic acid groups (broad SMARTS) is 1. The Kier molecular flexibility index (Phi) is 3.86. The Bertz CT molecular complexity index is 307. The van der Waals surface area contributed by atoms with Gasteiger partial charge in [0.15, 0.2) is 0 Å². The number of sulfone groups is 1. The van der Waals surface area contributed by atoms with Crippen LogP contribution in [0.4, 0.5) is 0 Å². The van der Waals surface area contributed by atoms with E-state index < -0.39 is 21.7 Å². The Labute approximate surface area is 76.1 Å². The van der Waals surface area contributed by atoms with Crippen LogP contribution in [0.2, 0.25) is 0 Å². The molecule has 6 nitrogen and oxygen atoms in total. The van der Waals surface area contributed by atoms with Crippen molar-refractivity contribution in [1.29, 1.82) is 0 Å². The van der Waals surface area contributed by atoms with Gasteiger partial charge in [-0.25, -0.2) is 13.2 Å². The van der Waals surface area contributed by atoms with Gasteiger partial charge in [0.05, 0.1) is 5.75 Å². The molecule has 1 amide bonds. The molecule has 13 heavy (non-hydrogen) atoms. The quantitative estimate of drug-likeness (QED) is 0.575. The Morgan fingerprint density at radius 3 is 2.15 bits per heavy atom. The Morgan fingerprint density at radius 1 is 1.38 bits per heavy atom. The van der Waals surface area contributed by atoms with Crippen molar-refractivity contribution in [3.05, 3.63) is 0 Å². The molecule has 0 radical (unpaired) electrons. The summed E-state index contributed by atoms with van der Waals surface area (Å²) in [6.07, 6.45) is 1.02. The minimum atomic E-state index is -3.17. The molecule has 0 aliphatic carbocycles. The highest BCUT2D eigenvalue weighted by molar-refractivity contribution is 7.90. The van der Waals surface area contributed by atoms with Gasteiger partial charge in [0.1, 0.15) is 9.84 Å². The number of hydrogen-bond donors (Lipinski definition) is 1. The molecule has 0 fully saturated rings. The number of amides is 1. The number of rotatable bonds is 3. The third kappa shape index (κ3) is 5.18. The van der Waals surface area contributed by atoms with E-state index >= 15 is 0 Å². The molecule has 0 heterocycles. The lowest BCUT2D eigenvalue weighted by molar-refractivity contribution is -0.155. The number of carboxylic acids is 1. The van der Waals surface area contributed by atoms with E-state index in [0.29, 0.717) is 0 Å². The van der Waals surface area contributed by atoms with Gasteiger partial charge in [-0.2, -0.15) is 0 Å². The normalized spacial score (nSPS) is 10.9. The summed E-state index contributed by atoms with van der Waals surface area (Å²) >= 11 is 0. The maximum atomic E-state index is 10.7. The third-order valence-corrected chi connectivity index (χ3v) is 2.25. The van der Waals surface area contributed by atoms with Crippen LogP contribution in [0.3, 0.4) is 0 Å². The van der Waals surface area contributed by atoms with Crippen molar-refractivity contribution in [3.8, 4) is 0 Å². The van der Waals surface area contributed by atoms with E-state index in [1.54, 1.807) is 0 Å². The fraction of sp³-hybridized carbons (Fsp3) is 0.667. The zero-order valence-corrected chi connectivity index (χ0v) is 8.17. The largest absolute Gasteiger partial charge is 0.474 e. The molecule has 0 aliphatic heterocycles. The van der Waals surface area contributed by atoms with Gasteiger partial charge >= 0.3 is 11.9 Å². The van der Waals surface area contributed by atoms with E-state index in [1.165, 1.54) is 7.05 Å². The zero-order valence-electron chi connectivity index (χ0n) is 7.35. The Hall–Kier alpha value is -1.11. The standard InChI is InChI=1S/C6H11NO5S/c1-7(5(8)6(9)10)3-4-13(2,11)12/h3-4H2,1-2H3,(H,9,10). The molecule has 0 rings (SSSR count). The predicted octanol–water partition coefficient (Wildman–Crippen LogP) is -1.43. The minimum Gasteiger partial charge on any atom is -0.474 e. The van der Waals surface area contributed by atoms with Gasteiger partial charge in [-0.3, -0.25) is 4.79 Å². The first kappa shape index (κ1) is 11.9. The first-order chi connectivity index (χ1) is 5.74. The minimum absolute atomic E-state index is 0.107. The maximum absolute atomic E-state index is 10.7. The lowest BCUT2D eigenvalue weighted by atomic mass is 10.5. The van der Waals surface area contributed by atoms with Crippen LogP contribution in [0.25, 0.3) is 0 Å². The van der Waals surface area contributed by atoms with Crippen molar-refractivity contribution in [2.45, 2.75) is 0 Å². The number of hydrogen-bond acceptors (Lipinski definition) is 4. The summed E-state index contributed by atoms with van der Waals surface area (Å²) in [6.45, 7) is -0.107. The van der Waals surface area contributed by atoms with Gasteiger partial charge in [-0.15, -0.1) is 0 Å². The SMILES string of the molecule is CN(CCS(C)(=O)=O)C(=O)C(=O)O. The molecule has 0 saturated heterocycles. The summed E-state index contributed by atoms with van der Waals surface area (Å²) in [5, 5.41) is 8.24. The highest BCUT2D eigenvalue weighted by Crippen LogP contribution is 1.89. The average molecular weight is 209 g/mol. The fourth-order valence-corrected chi connectivity index (χ4v) is 1.17. The van der Waals surface area contributed by atoms with Gasteiger partial charge in [-0.1, -0.05) is 0 Å². The van der Waals surface area contributed by atoms with Gasteiger partial charge in [0.25, 0.3) is 0 Å². The highest BCUT2D eigenvalue weighted by atomic mass is 32.2. The van der Waals surface area contributed by atoms with Crippen LogP contribution in [0.1, 0.15) is 0 Å². The number of carbonyl (C=O) groups is 2. The Balaban J connectivity index is 4.10. The summed E-state index contributed by atoms with van der Waals surface area (Å²) in [6, 6.07) is 0. The van der Waals surface area contributed by atoms with E-state index in [0.717, 1.165) is 11.2 Å². The maximum Gasteiger partial charge on any atom is 0.394 e. The summed E-state index contributed by atoms with van der Waals surface area (Å²) in [5.74, 6) is -2.93. The molecule has 0 aromatic heterocycles. The molecule has 0 unspecified atom stereocenters. The number of aliphatic carboxylic acids is 1. The highest BCUT2D eigenvalue weighted by Gasteiger charge is 2.17. The average Bonchev–Trinajstić information content (AvgIpc) is 1.97. The molecular formula is C6H11NO5S. The summed E-state index contributed by atoms with van der Waals surface area (Å²) < 4.78 is 21.3. The van der Waals surface area contributed by atoms with E-state index in [-0.39, 0.29) is 12.3 Å². The van der Waals surface area contributed by atoms with Crippen molar-refractivity contribution in [1.82, 2.24) is 4.90 Å². The first-order valence-corrected chi connectivity index (χ1v) is 5.46. The van der Waals surface area contributed by atoms with Crippen LogP contribution in [0, 0.1) is 0 Å². The second-order valence-electron chi connectivity index (χ2n) is 2.66. The van der Waals surface area contributed by atoms with E-state index in [9.17, 15) is 18.0 Å². The number of likely N-dealkylation sites (N-methyl/N-ethyl adjacent to an activating group) is 1. The molecule has 0 aliphatic rings. The molecule has 0 spiro atoms. The topological polar surface area (TPSA) is 91.8 Å². The molecule has 7 heteroatoms. The molecule has 0 atom stereocenters. The van der Waals surface area contributed by atoms with Crippen LogP contribution in [-0.4, -0.2) is 55.9 Å². The van der Waals surface area contributed by atoms with Crippen LogP contribution >= 0.6 is 0 Å².